The van der Waals surface area contributed by atoms with Crippen LogP contribution in [0.2, 0.25) is 0 Å². The molecule has 6 N–H and O–H groups in total. The number of nitrogens with two attached hydrogens (primary N) is 1. The fraction of sp³-hybridized carbons (Fsp3) is 0.556. The van der Waals surface area contributed by atoms with Crippen molar-refractivity contribution < 1.29 is 65.0 Å². The minimum absolute atomic E-state index is 0. The molecule has 0 aromatic carbocycles. The van der Waals surface area contributed by atoms with Crippen LogP contribution >= 0.6 is 7.60 Å². The zero-order valence-electron chi connectivity index (χ0n) is 12.6. The molecule has 3 atom stereocenters. The van der Waals surface area contributed by atoms with Gasteiger partial charge in [0.25, 0.3) is 5.91 Å². The summed E-state index contributed by atoms with van der Waals surface area (Å²) >= 11 is 0. The van der Waals surface area contributed by atoms with Gasteiger partial charge in [0, 0.05) is 6.20 Å². The standard InChI is InChI=1S/C9H14N3O8P.Na.H/c10-6-1-2-12(8(14)11-6)9(15)7(13)5(3-20-9)19-4-21(16,17)18;;/h1-2,5,7,13,15H,3-4H2,(H2,10,11,14)(H2,16,17,18);;/q;+1;-1/t5-,7+,9-;;/m1../s1. The van der Waals surface area contributed by atoms with Gasteiger partial charge in [-0.15, -0.1) is 0 Å². The van der Waals surface area contributed by atoms with Crippen molar-refractivity contribution in [2.24, 2.45) is 0 Å². The molecule has 22 heavy (non-hydrogen) atoms. The number of aliphatic hydroxyl groups is 2. The number of rotatable bonds is 4. The summed E-state index contributed by atoms with van der Waals surface area (Å²) in [5, 5.41) is 20.2. The molecule has 13 heteroatoms. The molecule has 0 bridgehead atoms. The summed E-state index contributed by atoms with van der Waals surface area (Å²) in [6.45, 7) is -0.380. The van der Waals surface area contributed by atoms with E-state index in [0.29, 0.717) is 4.57 Å². The Morgan fingerprint density at radius 2 is 2.27 bits per heavy atom. The number of nitrogen functional groups attached to an aromatic ring is 1. The van der Waals surface area contributed by atoms with Gasteiger partial charge in [-0.2, -0.15) is 4.98 Å². The Balaban J connectivity index is 0.00000242. The maximum Gasteiger partial charge on any atom is 1.00 e. The van der Waals surface area contributed by atoms with E-state index in [1.165, 1.54) is 6.07 Å². The SMILES string of the molecule is Nc1ccn([C@]2(O)OC[C@@H](OCP(=O)(O)O)[C@@H]2O)c(=O)n1.[H-].[Na+]. The maximum atomic E-state index is 11.7. The summed E-state index contributed by atoms with van der Waals surface area (Å²) in [7, 11) is -4.44. The molecule has 1 aliphatic heterocycles. The minimum atomic E-state index is -4.44. The van der Waals surface area contributed by atoms with Gasteiger partial charge in [0.05, 0.1) is 6.61 Å². The Kier molecular flexibility index (Phi) is 6.32. The Bertz CT molecular complexity index is 641. The van der Waals surface area contributed by atoms with Crippen molar-refractivity contribution >= 4 is 13.4 Å². The molecule has 0 saturated carbocycles. The fourth-order valence-electron chi connectivity index (χ4n) is 1.83. The molecule has 11 nitrogen and oxygen atoms in total. The van der Waals surface area contributed by atoms with Crippen molar-refractivity contribution in [2.75, 3.05) is 18.7 Å². The van der Waals surface area contributed by atoms with Gasteiger partial charge in [0.15, 0.2) is 6.10 Å². The van der Waals surface area contributed by atoms with E-state index in [-0.39, 0.29) is 43.4 Å². The number of hydrogen-bond acceptors (Lipinski definition) is 8. The van der Waals surface area contributed by atoms with Crippen molar-refractivity contribution in [2.45, 2.75) is 18.1 Å². The van der Waals surface area contributed by atoms with Crippen LogP contribution in [0.5, 0.6) is 0 Å². The monoisotopic (exact) mass is 347 g/mol. The Morgan fingerprint density at radius 1 is 1.64 bits per heavy atom. The molecule has 1 saturated heterocycles. The molecule has 120 valence electrons. The van der Waals surface area contributed by atoms with Crippen LogP contribution in [0.25, 0.3) is 0 Å². The average molecular weight is 347 g/mol. The van der Waals surface area contributed by atoms with Gasteiger partial charge >= 0.3 is 42.8 Å². The predicted octanol–water partition coefficient (Wildman–Crippen LogP) is -5.54. The summed E-state index contributed by atoms with van der Waals surface area (Å²) < 4.78 is 21.1. The topological polar surface area (TPSA) is 177 Å². The Labute approximate surface area is 147 Å². The first kappa shape index (κ1) is 19.7. The minimum Gasteiger partial charge on any atom is -1.00 e. The first-order chi connectivity index (χ1) is 9.63. The van der Waals surface area contributed by atoms with Crippen LogP contribution in [-0.2, 0) is 19.9 Å². The molecule has 0 spiro atoms. The van der Waals surface area contributed by atoms with E-state index >= 15 is 0 Å². The van der Waals surface area contributed by atoms with Crippen LogP contribution in [0.1, 0.15) is 1.43 Å². The number of nitrogens with zero attached hydrogens (tertiary/aromatic N) is 2. The zero-order valence-corrected chi connectivity index (χ0v) is 14.5. The van der Waals surface area contributed by atoms with E-state index in [4.69, 9.17) is 25.0 Å². The third-order valence-electron chi connectivity index (χ3n) is 2.82. The molecular weight excluding hydrogens is 332 g/mol. The van der Waals surface area contributed by atoms with Gasteiger partial charge in [0.2, 0.25) is 0 Å². The molecule has 2 rings (SSSR count). The molecule has 0 radical (unpaired) electrons. The third kappa shape index (κ3) is 4.15. The average Bonchev–Trinajstić information content (AvgIpc) is 2.63. The van der Waals surface area contributed by atoms with Crippen molar-refractivity contribution in [1.82, 2.24) is 9.55 Å². The van der Waals surface area contributed by atoms with E-state index in [1.54, 1.807) is 0 Å². The zero-order chi connectivity index (χ0) is 15.8. The van der Waals surface area contributed by atoms with Gasteiger partial charge in [-0.1, -0.05) is 0 Å². The van der Waals surface area contributed by atoms with Gasteiger partial charge in [-0.3, -0.25) is 4.57 Å². The van der Waals surface area contributed by atoms with Crippen LogP contribution in [0, 0.1) is 0 Å². The normalized spacial score (nSPS) is 28.4. The third-order valence-corrected chi connectivity index (χ3v) is 3.31. The van der Waals surface area contributed by atoms with E-state index in [0.717, 1.165) is 6.20 Å². The smallest absolute Gasteiger partial charge is 1.00 e. The first-order valence-corrected chi connectivity index (χ1v) is 7.49. The molecule has 1 aliphatic rings. The second-order valence-corrected chi connectivity index (χ2v) is 6.01. The van der Waals surface area contributed by atoms with Gasteiger partial charge in [-0.05, 0) is 6.07 Å². The van der Waals surface area contributed by atoms with Crippen molar-refractivity contribution in [3.05, 3.63) is 22.7 Å². The van der Waals surface area contributed by atoms with E-state index in [2.05, 4.69) is 4.98 Å². The number of aliphatic hydroxyl groups excluding tert-OH is 1. The molecule has 1 fully saturated rings. The van der Waals surface area contributed by atoms with Crippen LogP contribution in [0.3, 0.4) is 0 Å². The summed E-state index contributed by atoms with van der Waals surface area (Å²) in [5.74, 6) is -2.54. The van der Waals surface area contributed by atoms with Gasteiger partial charge in [-0.25, -0.2) is 9.36 Å². The second kappa shape index (κ2) is 7.05. The number of hydrogen-bond donors (Lipinski definition) is 5. The molecular formula is C9H15N3NaO8P. The van der Waals surface area contributed by atoms with E-state index in [9.17, 15) is 19.6 Å². The summed E-state index contributed by atoms with van der Waals surface area (Å²) in [5.41, 5.74) is 4.34. The second-order valence-electron chi connectivity index (χ2n) is 4.42. The van der Waals surface area contributed by atoms with Crippen LogP contribution in [0.4, 0.5) is 5.82 Å². The fourth-order valence-corrected chi connectivity index (χ4v) is 2.21. The quantitative estimate of drug-likeness (QED) is 0.261. The van der Waals surface area contributed by atoms with Crippen molar-refractivity contribution in [3.63, 3.8) is 0 Å². The van der Waals surface area contributed by atoms with Crippen molar-refractivity contribution in [3.8, 4) is 0 Å². The van der Waals surface area contributed by atoms with Crippen LogP contribution < -0.4 is 41.0 Å². The van der Waals surface area contributed by atoms with Gasteiger partial charge < -0.3 is 36.6 Å². The van der Waals surface area contributed by atoms with E-state index < -0.39 is 37.8 Å². The molecule has 0 aliphatic carbocycles. The summed E-state index contributed by atoms with van der Waals surface area (Å²) in [6, 6.07) is 1.21. The first-order valence-electron chi connectivity index (χ1n) is 5.70. The molecule has 2 heterocycles. The number of ether oxygens (including phenoxy) is 2. The van der Waals surface area contributed by atoms with Crippen molar-refractivity contribution in [1.29, 1.82) is 0 Å². The maximum absolute atomic E-state index is 11.7. The van der Waals surface area contributed by atoms with Gasteiger partial charge in [0.1, 0.15) is 18.3 Å². The summed E-state index contributed by atoms with van der Waals surface area (Å²) in [4.78, 5) is 32.5. The molecule has 1 aromatic rings. The molecule has 0 amide bonds. The predicted molar refractivity (Wildman–Crippen MR) is 68.0 cm³/mol. The van der Waals surface area contributed by atoms with Crippen LogP contribution in [-0.4, -0.2) is 54.7 Å². The summed E-state index contributed by atoms with van der Waals surface area (Å²) in [6.07, 6.45) is -2.87. The molecule has 0 unspecified atom stereocenters. The van der Waals surface area contributed by atoms with Crippen LogP contribution in [0.15, 0.2) is 17.1 Å². The number of anilines is 1. The largest absolute Gasteiger partial charge is 1.00 e. The Morgan fingerprint density at radius 3 is 2.82 bits per heavy atom. The Hall–Kier alpha value is -0.330. The van der Waals surface area contributed by atoms with E-state index in [1.807, 2.05) is 0 Å². The number of aromatic nitrogens is 2. The molecule has 1 aromatic heterocycles.